The number of rotatable bonds is 8. The Labute approximate surface area is 112 Å². The molecule has 0 spiro atoms. The van der Waals surface area contributed by atoms with E-state index >= 15 is 0 Å². The zero-order valence-corrected chi connectivity index (χ0v) is 12.4. The Kier molecular flexibility index (Phi) is 6.81. The van der Waals surface area contributed by atoms with E-state index in [1.165, 1.54) is 24.1 Å². The number of anilines is 1. The normalized spacial score (nSPS) is 12.4. The Morgan fingerprint density at radius 3 is 2.56 bits per heavy atom. The van der Waals surface area contributed by atoms with Gasteiger partial charge in [-0.3, -0.25) is 0 Å². The van der Waals surface area contributed by atoms with Crippen molar-refractivity contribution < 1.29 is 0 Å². The molecule has 2 nitrogen and oxygen atoms in total. The molecule has 2 heteroatoms. The number of nitrogens with one attached hydrogen (secondary N) is 1. The first-order valence-electron chi connectivity index (χ1n) is 7.26. The number of hydrogen-bond acceptors (Lipinski definition) is 2. The van der Waals surface area contributed by atoms with Crippen LogP contribution in [-0.2, 0) is 0 Å². The number of likely N-dealkylation sites (N-methyl/N-ethyl adjacent to an activating group) is 1. The molecule has 0 radical (unpaired) electrons. The molecule has 0 amide bonds. The van der Waals surface area contributed by atoms with Crippen LogP contribution in [0.1, 0.15) is 39.2 Å². The highest BCUT2D eigenvalue weighted by molar-refractivity contribution is 5.48. The topological polar surface area (TPSA) is 15.3 Å². The van der Waals surface area contributed by atoms with Crippen LogP contribution in [0.25, 0.3) is 0 Å². The van der Waals surface area contributed by atoms with Crippen LogP contribution in [0.4, 0.5) is 5.69 Å². The molecule has 1 atom stereocenters. The fourth-order valence-corrected chi connectivity index (χ4v) is 2.19. The van der Waals surface area contributed by atoms with Crippen molar-refractivity contribution in [2.24, 2.45) is 0 Å². The minimum absolute atomic E-state index is 0.588. The smallest absolute Gasteiger partial charge is 0.0369 e. The summed E-state index contributed by atoms with van der Waals surface area (Å²) < 4.78 is 0. The summed E-state index contributed by atoms with van der Waals surface area (Å²) in [5.41, 5.74) is 2.68. The van der Waals surface area contributed by atoms with E-state index in [1.54, 1.807) is 0 Å². The summed E-state index contributed by atoms with van der Waals surface area (Å²) in [6, 6.07) is 9.38. The molecule has 0 bridgehead atoms. The Morgan fingerprint density at radius 1 is 1.22 bits per heavy atom. The van der Waals surface area contributed by atoms with Gasteiger partial charge in [0.25, 0.3) is 0 Å². The molecule has 18 heavy (non-hydrogen) atoms. The molecule has 1 N–H and O–H groups in total. The Morgan fingerprint density at radius 2 is 2.00 bits per heavy atom. The third-order valence-corrected chi connectivity index (χ3v) is 3.37. The summed E-state index contributed by atoms with van der Waals surface area (Å²) in [6.45, 7) is 12.1. The molecular formula is C16H28N2. The van der Waals surface area contributed by atoms with Crippen LogP contribution in [0.3, 0.4) is 0 Å². The lowest BCUT2D eigenvalue weighted by atomic mass is 10.1. The highest BCUT2D eigenvalue weighted by atomic mass is 15.1. The van der Waals surface area contributed by atoms with Crippen molar-refractivity contribution in [3.63, 3.8) is 0 Å². The maximum Gasteiger partial charge on any atom is 0.0369 e. The summed E-state index contributed by atoms with van der Waals surface area (Å²) >= 11 is 0. The molecule has 0 aliphatic carbocycles. The van der Waals surface area contributed by atoms with Gasteiger partial charge in [-0.15, -0.1) is 0 Å². The van der Waals surface area contributed by atoms with Crippen molar-refractivity contribution in [3.8, 4) is 0 Å². The highest BCUT2D eigenvalue weighted by Crippen LogP contribution is 2.16. The summed E-state index contributed by atoms with van der Waals surface area (Å²) in [6.07, 6.45) is 2.38. The molecule has 0 fully saturated rings. The lowest BCUT2D eigenvalue weighted by molar-refractivity contribution is 0.491. The minimum Gasteiger partial charge on any atom is -0.370 e. The summed E-state index contributed by atoms with van der Waals surface area (Å²) in [7, 11) is 0. The van der Waals surface area contributed by atoms with Crippen molar-refractivity contribution in [2.75, 3.05) is 24.5 Å². The maximum atomic E-state index is 3.63. The van der Waals surface area contributed by atoms with Crippen molar-refractivity contribution in [2.45, 2.75) is 46.6 Å². The van der Waals surface area contributed by atoms with Gasteiger partial charge in [0.05, 0.1) is 0 Å². The van der Waals surface area contributed by atoms with Crippen LogP contribution in [0.2, 0.25) is 0 Å². The average Bonchev–Trinajstić information content (AvgIpc) is 2.39. The second kappa shape index (κ2) is 8.15. The molecule has 1 aromatic rings. The third kappa shape index (κ3) is 4.69. The quantitative estimate of drug-likeness (QED) is 0.756. The van der Waals surface area contributed by atoms with Gasteiger partial charge in [0.2, 0.25) is 0 Å². The van der Waals surface area contributed by atoms with Gasteiger partial charge in [-0.05, 0) is 50.9 Å². The second-order valence-corrected chi connectivity index (χ2v) is 4.94. The molecule has 0 aromatic heterocycles. The maximum absolute atomic E-state index is 3.63. The summed E-state index contributed by atoms with van der Waals surface area (Å²) in [4.78, 5) is 2.46. The molecule has 0 saturated carbocycles. The zero-order chi connectivity index (χ0) is 13.4. The zero-order valence-electron chi connectivity index (χ0n) is 12.4. The van der Waals surface area contributed by atoms with Gasteiger partial charge in [0.15, 0.2) is 0 Å². The monoisotopic (exact) mass is 248 g/mol. The molecule has 102 valence electrons. The van der Waals surface area contributed by atoms with Gasteiger partial charge >= 0.3 is 0 Å². The fraction of sp³-hybridized carbons (Fsp3) is 0.625. The van der Waals surface area contributed by atoms with Crippen LogP contribution in [0, 0.1) is 6.92 Å². The first-order valence-corrected chi connectivity index (χ1v) is 7.26. The largest absolute Gasteiger partial charge is 0.370 e. The number of aryl methyl sites for hydroxylation is 1. The lowest BCUT2D eigenvalue weighted by Gasteiger charge is -2.28. The van der Waals surface area contributed by atoms with E-state index in [0.717, 1.165) is 19.6 Å². The van der Waals surface area contributed by atoms with Crippen LogP contribution < -0.4 is 10.2 Å². The minimum atomic E-state index is 0.588. The van der Waals surface area contributed by atoms with E-state index < -0.39 is 0 Å². The first-order chi connectivity index (χ1) is 8.71. The number of hydrogen-bond donors (Lipinski definition) is 1. The van der Waals surface area contributed by atoms with Gasteiger partial charge in [-0.25, -0.2) is 0 Å². The molecule has 1 rings (SSSR count). The van der Waals surface area contributed by atoms with E-state index in [0.29, 0.717) is 6.04 Å². The second-order valence-electron chi connectivity index (χ2n) is 4.94. The number of nitrogens with zero attached hydrogens (tertiary/aromatic N) is 1. The van der Waals surface area contributed by atoms with E-state index in [9.17, 15) is 0 Å². The van der Waals surface area contributed by atoms with Crippen molar-refractivity contribution in [1.29, 1.82) is 0 Å². The molecule has 0 aliphatic rings. The average molecular weight is 248 g/mol. The van der Waals surface area contributed by atoms with Crippen LogP contribution in [0.5, 0.6) is 0 Å². The predicted molar refractivity (Wildman–Crippen MR) is 81.4 cm³/mol. The van der Waals surface area contributed by atoms with Crippen molar-refractivity contribution in [1.82, 2.24) is 5.32 Å². The van der Waals surface area contributed by atoms with Crippen LogP contribution in [-0.4, -0.2) is 25.7 Å². The van der Waals surface area contributed by atoms with Gasteiger partial charge in [-0.1, -0.05) is 26.0 Å². The molecular weight excluding hydrogens is 220 g/mol. The summed E-state index contributed by atoms with van der Waals surface area (Å²) in [5.74, 6) is 0. The molecule has 1 unspecified atom stereocenters. The SMILES string of the molecule is CCCNC(CC)CN(CC)c1cccc(C)c1. The summed E-state index contributed by atoms with van der Waals surface area (Å²) in [5, 5.41) is 3.63. The van der Waals surface area contributed by atoms with E-state index in [-0.39, 0.29) is 0 Å². The highest BCUT2D eigenvalue weighted by Gasteiger charge is 2.11. The van der Waals surface area contributed by atoms with Gasteiger partial charge in [-0.2, -0.15) is 0 Å². The molecule has 1 aromatic carbocycles. The third-order valence-electron chi connectivity index (χ3n) is 3.37. The van der Waals surface area contributed by atoms with E-state index in [1.807, 2.05) is 0 Å². The first kappa shape index (κ1) is 15.0. The Balaban J connectivity index is 2.65. The van der Waals surface area contributed by atoms with E-state index in [4.69, 9.17) is 0 Å². The Hall–Kier alpha value is -1.02. The lowest BCUT2D eigenvalue weighted by Crippen LogP contribution is -2.41. The van der Waals surface area contributed by atoms with Gasteiger partial charge < -0.3 is 10.2 Å². The predicted octanol–water partition coefficient (Wildman–Crippen LogP) is 3.60. The van der Waals surface area contributed by atoms with Crippen LogP contribution in [0.15, 0.2) is 24.3 Å². The van der Waals surface area contributed by atoms with Crippen molar-refractivity contribution in [3.05, 3.63) is 29.8 Å². The van der Waals surface area contributed by atoms with Gasteiger partial charge in [0, 0.05) is 24.8 Å². The molecule has 0 aliphatic heterocycles. The standard InChI is InChI=1S/C16H28N2/c1-5-11-17-15(6-2)13-18(7-3)16-10-8-9-14(4)12-16/h8-10,12,15,17H,5-7,11,13H2,1-4H3. The number of benzene rings is 1. The molecule has 0 saturated heterocycles. The Bertz CT molecular complexity index is 336. The van der Waals surface area contributed by atoms with Gasteiger partial charge in [0.1, 0.15) is 0 Å². The van der Waals surface area contributed by atoms with Crippen LogP contribution >= 0.6 is 0 Å². The molecule has 0 heterocycles. The van der Waals surface area contributed by atoms with Crippen molar-refractivity contribution >= 4 is 5.69 Å². The van der Waals surface area contributed by atoms with E-state index in [2.05, 4.69) is 62.2 Å². The fourth-order valence-electron chi connectivity index (χ4n) is 2.19.